The average Bonchev–Trinajstić information content (AvgIpc) is 2.40. The molecule has 0 heterocycles. The minimum atomic E-state index is -2.81. The number of nitrogens with one attached hydrogen (secondary N) is 1. The van der Waals surface area contributed by atoms with E-state index in [0.717, 1.165) is 24.9 Å². The largest absolute Gasteiger partial charge is 0.435 e. The van der Waals surface area contributed by atoms with Gasteiger partial charge in [-0.25, -0.2) is 0 Å². The number of alkyl halides is 2. The molecule has 0 aliphatic rings. The zero-order chi connectivity index (χ0) is 14.1. The molecule has 0 aromatic heterocycles. The first kappa shape index (κ1) is 15.8. The highest BCUT2D eigenvalue weighted by Gasteiger charge is 2.09. The Balaban J connectivity index is 2.51. The summed E-state index contributed by atoms with van der Waals surface area (Å²) in [5.41, 5.74) is 6.60. The minimum Gasteiger partial charge on any atom is -0.435 e. The van der Waals surface area contributed by atoms with Gasteiger partial charge in [-0.05, 0) is 37.1 Å². The van der Waals surface area contributed by atoms with Crippen molar-refractivity contribution in [1.29, 1.82) is 0 Å². The smallest absolute Gasteiger partial charge is 0.387 e. The Morgan fingerprint density at radius 3 is 2.42 bits per heavy atom. The van der Waals surface area contributed by atoms with Crippen LogP contribution in [0.15, 0.2) is 24.3 Å². The number of nitrogens with two attached hydrogens (primary N) is 1. The lowest BCUT2D eigenvalue weighted by molar-refractivity contribution is -0.0498. The first-order valence-electron chi connectivity index (χ1n) is 6.26. The van der Waals surface area contributed by atoms with Gasteiger partial charge in [-0.1, -0.05) is 12.1 Å². The summed E-state index contributed by atoms with van der Waals surface area (Å²) in [5, 5.41) is 11.9. The van der Waals surface area contributed by atoms with E-state index in [9.17, 15) is 8.78 Å². The van der Waals surface area contributed by atoms with Gasteiger partial charge in [0.25, 0.3) is 0 Å². The molecule has 0 aliphatic heterocycles. The number of halogens is 2. The molecule has 0 aliphatic carbocycles. The zero-order valence-corrected chi connectivity index (χ0v) is 10.7. The van der Waals surface area contributed by atoms with E-state index in [1.54, 1.807) is 12.1 Å². The molecule has 108 valence electrons. The van der Waals surface area contributed by atoms with E-state index in [1.165, 1.54) is 12.1 Å². The fraction of sp³-hybridized carbons (Fsp3) is 0.538. The average molecular weight is 274 g/mol. The van der Waals surface area contributed by atoms with Crippen LogP contribution in [0.25, 0.3) is 0 Å². The number of unbranched alkanes of at least 4 members (excludes halogenated alkanes) is 1. The third-order valence-electron chi connectivity index (χ3n) is 2.72. The Kier molecular flexibility index (Phi) is 7.32. The predicted octanol–water partition coefficient (Wildman–Crippen LogP) is 1.65. The Bertz CT molecular complexity index is 347. The van der Waals surface area contributed by atoms with Crippen molar-refractivity contribution >= 4 is 0 Å². The third kappa shape index (κ3) is 5.96. The normalized spacial score (nSPS) is 12.7. The number of rotatable bonds is 9. The van der Waals surface area contributed by atoms with Crippen LogP contribution in [-0.2, 0) is 0 Å². The van der Waals surface area contributed by atoms with Crippen molar-refractivity contribution in [3.8, 4) is 5.75 Å². The van der Waals surface area contributed by atoms with E-state index >= 15 is 0 Å². The van der Waals surface area contributed by atoms with Gasteiger partial charge >= 0.3 is 6.61 Å². The molecule has 1 aromatic carbocycles. The summed E-state index contributed by atoms with van der Waals surface area (Å²) >= 11 is 0. The van der Waals surface area contributed by atoms with Crippen molar-refractivity contribution in [3.05, 3.63) is 29.8 Å². The lowest BCUT2D eigenvalue weighted by Gasteiger charge is -2.17. The molecule has 4 nitrogen and oxygen atoms in total. The molecule has 6 heteroatoms. The molecule has 4 N–H and O–H groups in total. The van der Waals surface area contributed by atoms with E-state index in [2.05, 4.69) is 10.1 Å². The van der Waals surface area contributed by atoms with E-state index in [4.69, 9.17) is 10.8 Å². The summed E-state index contributed by atoms with van der Waals surface area (Å²) in [6.07, 6.45) is 1.60. The van der Waals surface area contributed by atoms with Crippen LogP contribution < -0.4 is 15.8 Å². The summed E-state index contributed by atoms with van der Waals surface area (Å²) in [5.74, 6) is 0.134. The van der Waals surface area contributed by atoms with E-state index in [-0.39, 0.29) is 18.4 Å². The van der Waals surface area contributed by atoms with Crippen LogP contribution in [0.3, 0.4) is 0 Å². The monoisotopic (exact) mass is 274 g/mol. The number of ether oxygens (including phenoxy) is 1. The van der Waals surface area contributed by atoms with Crippen molar-refractivity contribution in [1.82, 2.24) is 5.32 Å². The summed E-state index contributed by atoms with van der Waals surface area (Å²) < 4.78 is 28.3. The molecule has 1 unspecified atom stereocenters. The second kappa shape index (κ2) is 8.79. The Morgan fingerprint density at radius 2 is 1.89 bits per heavy atom. The Morgan fingerprint density at radius 1 is 1.21 bits per heavy atom. The molecule has 0 amide bonds. The second-order valence-corrected chi connectivity index (χ2v) is 4.12. The molecule has 0 spiro atoms. The van der Waals surface area contributed by atoms with Crippen LogP contribution >= 0.6 is 0 Å². The van der Waals surface area contributed by atoms with Gasteiger partial charge in [0.05, 0.1) is 0 Å². The van der Waals surface area contributed by atoms with Gasteiger partial charge in [-0.3, -0.25) is 0 Å². The van der Waals surface area contributed by atoms with Gasteiger partial charge in [0, 0.05) is 19.2 Å². The second-order valence-electron chi connectivity index (χ2n) is 4.12. The van der Waals surface area contributed by atoms with Crippen LogP contribution in [0.4, 0.5) is 8.78 Å². The molecule has 0 fully saturated rings. The van der Waals surface area contributed by atoms with Gasteiger partial charge in [0.15, 0.2) is 0 Å². The van der Waals surface area contributed by atoms with Crippen LogP contribution in [0.2, 0.25) is 0 Å². The number of benzene rings is 1. The van der Waals surface area contributed by atoms with E-state index in [0.29, 0.717) is 6.54 Å². The topological polar surface area (TPSA) is 67.5 Å². The van der Waals surface area contributed by atoms with Crippen LogP contribution in [0, 0.1) is 0 Å². The van der Waals surface area contributed by atoms with Crippen molar-refractivity contribution in [2.24, 2.45) is 5.73 Å². The molecule has 19 heavy (non-hydrogen) atoms. The fourth-order valence-electron chi connectivity index (χ4n) is 1.73. The van der Waals surface area contributed by atoms with Gasteiger partial charge in [-0.15, -0.1) is 0 Å². The molecule has 1 atom stereocenters. The highest BCUT2D eigenvalue weighted by molar-refractivity contribution is 5.29. The quantitative estimate of drug-likeness (QED) is 0.599. The molecule has 0 saturated carbocycles. The third-order valence-corrected chi connectivity index (χ3v) is 2.72. The maximum absolute atomic E-state index is 12.0. The van der Waals surface area contributed by atoms with Crippen LogP contribution in [-0.4, -0.2) is 31.4 Å². The fourth-order valence-corrected chi connectivity index (χ4v) is 1.73. The van der Waals surface area contributed by atoms with Crippen molar-refractivity contribution < 1.29 is 18.6 Å². The maximum Gasteiger partial charge on any atom is 0.387 e. The first-order valence-corrected chi connectivity index (χ1v) is 6.26. The van der Waals surface area contributed by atoms with Gasteiger partial charge in [0.1, 0.15) is 5.75 Å². The van der Waals surface area contributed by atoms with Crippen molar-refractivity contribution in [2.45, 2.75) is 25.5 Å². The number of aliphatic hydroxyl groups is 1. The molecule has 0 saturated heterocycles. The molecular weight excluding hydrogens is 254 g/mol. The molecule has 1 aromatic rings. The van der Waals surface area contributed by atoms with Crippen LogP contribution in [0.5, 0.6) is 5.75 Å². The minimum absolute atomic E-state index is 0.0284. The SMILES string of the molecule is NCC(NCCCCO)c1ccc(OC(F)F)cc1. The number of aliphatic hydroxyl groups excluding tert-OH is 1. The first-order chi connectivity index (χ1) is 9.17. The summed E-state index contributed by atoms with van der Waals surface area (Å²) in [4.78, 5) is 0. The number of hydrogen-bond acceptors (Lipinski definition) is 4. The van der Waals surface area contributed by atoms with E-state index in [1.807, 2.05) is 0 Å². The lowest BCUT2D eigenvalue weighted by Crippen LogP contribution is -2.29. The molecule has 0 radical (unpaired) electrons. The molecule has 0 bridgehead atoms. The number of hydrogen-bond donors (Lipinski definition) is 3. The summed E-state index contributed by atoms with van der Waals surface area (Å²) in [6, 6.07) is 6.40. The maximum atomic E-state index is 12.0. The Labute approximate surface area is 111 Å². The highest BCUT2D eigenvalue weighted by atomic mass is 19.3. The predicted molar refractivity (Wildman–Crippen MR) is 69.2 cm³/mol. The van der Waals surface area contributed by atoms with Gasteiger partial charge in [-0.2, -0.15) is 8.78 Å². The molecule has 1 rings (SSSR count). The molecular formula is C13H20F2N2O2. The van der Waals surface area contributed by atoms with Crippen molar-refractivity contribution in [2.75, 3.05) is 19.7 Å². The summed E-state index contributed by atoms with van der Waals surface area (Å²) in [7, 11) is 0. The van der Waals surface area contributed by atoms with E-state index < -0.39 is 6.61 Å². The zero-order valence-electron chi connectivity index (χ0n) is 10.7. The summed E-state index contributed by atoms with van der Waals surface area (Å²) in [6.45, 7) is -1.48. The van der Waals surface area contributed by atoms with Crippen molar-refractivity contribution in [3.63, 3.8) is 0 Å². The Hall–Kier alpha value is -1.24. The van der Waals surface area contributed by atoms with Gasteiger partial charge < -0.3 is 20.9 Å². The standard InChI is InChI=1S/C13H20F2N2O2/c14-13(15)19-11-5-3-10(4-6-11)12(9-16)17-7-1-2-8-18/h3-6,12-13,17-18H,1-2,7-9,16H2. The van der Waals surface area contributed by atoms with Gasteiger partial charge in [0.2, 0.25) is 0 Å². The highest BCUT2D eigenvalue weighted by Crippen LogP contribution is 2.18. The lowest BCUT2D eigenvalue weighted by atomic mass is 10.1. The van der Waals surface area contributed by atoms with Crippen LogP contribution in [0.1, 0.15) is 24.4 Å².